The van der Waals surface area contributed by atoms with E-state index in [9.17, 15) is 0 Å². The van der Waals surface area contributed by atoms with Crippen LogP contribution in [0.3, 0.4) is 0 Å². The first-order valence-electron chi connectivity index (χ1n) is 4.22. The van der Waals surface area contributed by atoms with Gasteiger partial charge in [-0.1, -0.05) is 13.8 Å². The Morgan fingerprint density at radius 1 is 1.64 bits per heavy atom. The van der Waals surface area contributed by atoms with Crippen LogP contribution in [0.2, 0.25) is 0 Å². The second-order valence-corrected chi connectivity index (χ2v) is 3.31. The predicted molar refractivity (Wildman–Crippen MR) is 42.3 cm³/mol. The molecule has 1 aromatic heterocycles. The van der Waals surface area contributed by atoms with Gasteiger partial charge in [-0.15, -0.1) is 0 Å². The van der Waals surface area contributed by atoms with Gasteiger partial charge in [-0.3, -0.25) is 5.10 Å². The summed E-state index contributed by atoms with van der Waals surface area (Å²) in [5, 5.41) is 7.10. The molecule has 60 valence electrons. The lowest BCUT2D eigenvalue weighted by atomic mass is 10.3. The van der Waals surface area contributed by atoms with E-state index in [1.807, 2.05) is 0 Å². The smallest absolute Gasteiger partial charge is 0.154 e. The number of rotatable bonds is 2. The summed E-state index contributed by atoms with van der Waals surface area (Å²) in [5.41, 5.74) is 0. The number of hydrogen-bond acceptors (Lipinski definition) is 2. The highest BCUT2D eigenvalue weighted by Gasteiger charge is 2.37. The molecule has 2 rings (SSSR count). The van der Waals surface area contributed by atoms with Crippen molar-refractivity contribution < 1.29 is 0 Å². The SMILES string of the molecule is CCc1nc(C2CC2C)n[nH]1. The highest BCUT2D eigenvalue weighted by Crippen LogP contribution is 2.45. The zero-order valence-corrected chi connectivity index (χ0v) is 6.96. The number of nitrogens with zero attached hydrogens (tertiary/aromatic N) is 2. The van der Waals surface area contributed by atoms with Crippen LogP contribution in [0.5, 0.6) is 0 Å². The zero-order valence-electron chi connectivity index (χ0n) is 6.96. The molecule has 11 heavy (non-hydrogen) atoms. The Morgan fingerprint density at radius 3 is 2.82 bits per heavy atom. The molecule has 0 aromatic carbocycles. The molecule has 1 heterocycles. The molecule has 0 bridgehead atoms. The second kappa shape index (κ2) is 2.32. The number of aryl methyl sites for hydroxylation is 1. The summed E-state index contributed by atoms with van der Waals surface area (Å²) in [5.74, 6) is 3.48. The molecular formula is C8H13N3. The van der Waals surface area contributed by atoms with Crippen LogP contribution in [0, 0.1) is 5.92 Å². The van der Waals surface area contributed by atoms with Gasteiger partial charge in [-0.2, -0.15) is 5.10 Å². The highest BCUT2D eigenvalue weighted by atomic mass is 15.2. The Labute approximate surface area is 66.2 Å². The van der Waals surface area contributed by atoms with E-state index >= 15 is 0 Å². The molecule has 2 unspecified atom stereocenters. The van der Waals surface area contributed by atoms with Crippen LogP contribution in [0.1, 0.15) is 37.8 Å². The molecule has 1 saturated carbocycles. The largest absolute Gasteiger partial charge is 0.263 e. The number of nitrogens with one attached hydrogen (secondary N) is 1. The van der Waals surface area contributed by atoms with Crippen LogP contribution in [0.4, 0.5) is 0 Å². The average Bonchev–Trinajstić information content (AvgIpc) is 2.59. The van der Waals surface area contributed by atoms with Crippen molar-refractivity contribution in [2.24, 2.45) is 5.92 Å². The lowest BCUT2D eigenvalue weighted by molar-refractivity contribution is 0.848. The number of hydrogen-bond donors (Lipinski definition) is 1. The first-order valence-corrected chi connectivity index (χ1v) is 4.22. The van der Waals surface area contributed by atoms with Gasteiger partial charge in [0.15, 0.2) is 5.82 Å². The fraction of sp³-hybridized carbons (Fsp3) is 0.750. The van der Waals surface area contributed by atoms with Crippen LogP contribution in [-0.2, 0) is 6.42 Å². The molecule has 0 aliphatic heterocycles. The Kier molecular flexibility index (Phi) is 1.44. The van der Waals surface area contributed by atoms with E-state index in [4.69, 9.17) is 0 Å². The summed E-state index contributed by atoms with van der Waals surface area (Å²) in [6.45, 7) is 4.33. The van der Waals surface area contributed by atoms with Crippen molar-refractivity contribution in [2.45, 2.75) is 32.6 Å². The van der Waals surface area contributed by atoms with Crippen LogP contribution >= 0.6 is 0 Å². The highest BCUT2D eigenvalue weighted by molar-refractivity contribution is 5.08. The van der Waals surface area contributed by atoms with Crippen molar-refractivity contribution in [1.29, 1.82) is 0 Å². The van der Waals surface area contributed by atoms with Gasteiger partial charge >= 0.3 is 0 Å². The van der Waals surface area contributed by atoms with Crippen molar-refractivity contribution in [2.75, 3.05) is 0 Å². The Balaban J connectivity index is 2.13. The van der Waals surface area contributed by atoms with E-state index in [0.29, 0.717) is 5.92 Å². The maximum absolute atomic E-state index is 4.37. The first kappa shape index (κ1) is 6.83. The van der Waals surface area contributed by atoms with E-state index < -0.39 is 0 Å². The third-order valence-corrected chi connectivity index (χ3v) is 2.33. The van der Waals surface area contributed by atoms with Crippen LogP contribution < -0.4 is 0 Å². The number of H-pyrrole nitrogens is 1. The summed E-state index contributed by atoms with van der Waals surface area (Å²) in [6.07, 6.45) is 2.22. The lowest BCUT2D eigenvalue weighted by Gasteiger charge is -1.84. The molecular weight excluding hydrogens is 138 g/mol. The van der Waals surface area contributed by atoms with Gasteiger partial charge in [0.1, 0.15) is 5.82 Å². The molecule has 1 aliphatic carbocycles. The molecule has 0 amide bonds. The minimum Gasteiger partial charge on any atom is -0.263 e. The fourth-order valence-electron chi connectivity index (χ4n) is 1.32. The molecule has 0 radical (unpaired) electrons. The minimum atomic E-state index is 0.645. The normalized spacial score (nSPS) is 28.9. The third kappa shape index (κ3) is 1.15. The van der Waals surface area contributed by atoms with Gasteiger partial charge < -0.3 is 0 Å². The summed E-state index contributed by atoms with van der Waals surface area (Å²) in [7, 11) is 0. The first-order chi connectivity index (χ1) is 5.31. The van der Waals surface area contributed by atoms with E-state index in [-0.39, 0.29) is 0 Å². The Bertz CT molecular complexity index is 254. The predicted octanol–water partition coefficient (Wildman–Crippen LogP) is 1.49. The van der Waals surface area contributed by atoms with Gasteiger partial charge in [-0.25, -0.2) is 4.98 Å². The maximum Gasteiger partial charge on any atom is 0.154 e. The molecule has 1 fully saturated rings. The standard InChI is InChI=1S/C8H13N3/c1-3-7-9-8(11-10-7)6-4-5(6)2/h5-6H,3-4H2,1-2H3,(H,9,10,11). The second-order valence-electron chi connectivity index (χ2n) is 3.31. The molecule has 1 N–H and O–H groups in total. The van der Waals surface area contributed by atoms with Crippen LogP contribution in [0.25, 0.3) is 0 Å². The van der Waals surface area contributed by atoms with E-state index in [0.717, 1.165) is 24.0 Å². The average molecular weight is 151 g/mol. The van der Waals surface area contributed by atoms with Crippen molar-refractivity contribution in [3.8, 4) is 0 Å². The minimum absolute atomic E-state index is 0.645. The summed E-state index contributed by atoms with van der Waals surface area (Å²) in [6, 6.07) is 0. The van der Waals surface area contributed by atoms with Crippen LogP contribution in [0.15, 0.2) is 0 Å². The zero-order chi connectivity index (χ0) is 7.84. The topological polar surface area (TPSA) is 41.6 Å². The third-order valence-electron chi connectivity index (χ3n) is 2.33. The Hall–Kier alpha value is -0.860. The van der Waals surface area contributed by atoms with Gasteiger partial charge in [0.2, 0.25) is 0 Å². The molecule has 3 nitrogen and oxygen atoms in total. The van der Waals surface area contributed by atoms with E-state index in [1.54, 1.807) is 0 Å². The fourth-order valence-corrected chi connectivity index (χ4v) is 1.32. The lowest BCUT2D eigenvalue weighted by Crippen LogP contribution is -1.85. The molecule has 3 heteroatoms. The van der Waals surface area contributed by atoms with Crippen LogP contribution in [-0.4, -0.2) is 15.2 Å². The van der Waals surface area contributed by atoms with Crippen molar-refractivity contribution in [1.82, 2.24) is 15.2 Å². The molecule has 2 atom stereocenters. The van der Waals surface area contributed by atoms with Crippen molar-refractivity contribution >= 4 is 0 Å². The summed E-state index contributed by atoms with van der Waals surface area (Å²) >= 11 is 0. The quantitative estimate of drug-likeness (QED) is 0.695. The van der Waals surface area contributed by atoms with Gasteiger partial charge in [0, 0.05) is 12.3 Å². The molecule has 1 aliphatic rings. The van der Waals surface area contributed by atoms with Gasteiger partial charge in [-0.05, 0) is 12.3 Å². The number of aromatic nitrogens is 3. The van der Waals surface area contributed by atoms with E-state index in [2.05, 4.69) is 29.0 Å². The van der Waals surface area contributed by atoms with Crippen molar-refractivity contribution in [3.63, 3.8) is 0 Å². The van der Waals surface area contributed by atoms with Gasteiger partial charge in [0.25, 0.3) is 0 Å². The molecule has 1 aromatic rings. The van der Waals surface area contributed by atoms with Gasteiger partial charge in [0.05, 0.1) is 0 Å². The summed E-state index contributed by atoms with van der Waals surface area (Å²) in [4.78, 5) is 4.37. The van der Waals surface area contributed by atoms with Crippen molar-refractivity contribution in [3.05, 3.63) is 11.6 Å². The molecule has 0 saturated heterocycles. The monoisotopic (exact) mass is 151 g/mol. The number of aromatic amines is 1. The molecule has 0 spiro atoms. The Morgan fingerprint density at radius 2 is 2.36 bits per heavy atom. The van der Waals surface area contributed by atoms with E-state index in [1.165, 1.54) is 6.42 Å². The summed E-state index contributed by atoms with van der Waals surface area (Å²) < 4.78 is 0. The maximum atomic E-state index is 4.37.